The number of fused-ring (bicyclic) bond motifs is 3. The minimum atomic E-state index is 0.0648. The molecule has 0 N–H and O–H groups in total. The second kappa shape index (κ2) is 2.21. The van der Waals surface area contributed by atoms with Crippen LogP contribution in [0.1, 0.15) is 20.3 Å². The van der Waals surface area contributed by atoms with E-state index in [2.05, 4.69) is 32.6 Å². The predicted molar refractivity (Wildman–Crippen MR) is 55.6 cm³/mol. The van der Waals surface area contributed by atoms with Gasteiger partial charge in [0.25, 0.3) is 0 Å². The second-order valence-corrected chi connectivity index (χ2v) is 5.28. The van der Waals surface area contributed by atoms with Crippen LogP contribution in [0.25, 0.3) is 0 Å². The van der Waals surface area contributed by atoms with Gasteiger partial charge in [-0.2, -0.15) is 0 Å². The summed E-state index contributed by atoms with van der Waals surface area (Å²) in [6.45, 7) is 8.74. The third-order valence-corrected chi connectivity index (χ3v) is 4.96. The molecule has 3 rings (SSSR count). The number of carbonyl (C=O) groups excluding carboxylic acids is 1. The summed E-state index contributed by atoms with van der Waals surface area (Å²) < 4.78 is 0. The van der Waals surface area contributed by atoms with Crippen molar-refractivity contribution in [2.45, 2.75) is 20.3 Å². The van der Waals surface area contributed by atoms with E-state index in [0.29, 0.717) is 11.7 Å². The van der Waals surface area contributed by atoms with Crippen molar-refractivity contribution < 1.29 is 4.79 Å². The van der Waals surface area contributed by atoms with Crippen LogP contribution >= 0.6 is 0 Å². The van der Waals surface area contributed by atoms with E-state index in [-0.39, 0.29) is 17.3 Å². The van der Waals surface area contributed by atoms with Gasteiger partial charge in [0, 0.05) is 11.3 Å². The maximum atomic E-state index is 11.9. The van der Waals surface area contributed by atoms with E-state index >= 15 is 0 Å². The van der Waals surface area contributed by atoms with Crippen molar-refractivity contribution in [1.82, 2.24) is 0 Å². The van der Waals surface area contributed by atoms with Crippen molar-refractivity contribution in [1.29, 1.82) is 0 Å². The van der Waals surface area contributed by atoms with Gasteiger partial charge < -0.3 is 0 Å². The Kier molecular flexibility index (Phi) is 1.33. The van der Waals surface area contributed by atoms with Crippen molar-refractivity contribution in [3.63, 3.8) is 0 Å². The third-order valence-electron chi connectivity index (χ3n) is 4.96. The first-order chi connectivity index (χ1) is 6.59. The Morgan fingerprint density at radius 3 is 2.57 bits per heavy atom. The van der Waals surface area contributed by atoms with Crippen molar-refractivity contribution in [2.75, 3.05) is 0 Å². The molecular formula is C13H16O. The van der Waals surface area contributed by atoms with Crippen LogP contribution in [0.2, 0.25) is 0 Å². The molecule has 0 amide bonds. The average Bonchev–Trinajstić information content (AvgIpc) is 2.62. The molecule has 5 atom stereocenters. The van der Waals surface area contributed by atoms with Crippen molar-refractivity contribution in [3.05, 3.63) is 24.3 Å². The summed E-state index contributed by atoms with van der Waals surface area (Å²) in [4.78, 5) is 11.9. The molecule has 2 bridgehead atoms. The quantitative estimate of drug-likeness (QED) is 0.534. The van der Waals surface area contributed by atoms with Gasteiger partial charge in [0.05, 0.1) is 5.92 Å². The molecule has 0 radical (unpaired) electrons. The molecule has 3 aliphatic carbocycles. The molecule has 0 aliphatic heterocycles. The van der Waals surface area contributed by atoms with Gasteiger partial charge in [-0.3, -0.25) is 4.79 Å². The lowest BCUT2D eigenvalue weighted by Gasteiger charge is -2.55. The lowest BCUT2D eigenvalue weighted by atomic mass is 9.48. The van der Waals surface area contributed by atoms with E-state index in [1.165, 1.54) is 12.0 Å². The maximum absolute atomic E-state index is 11.9. The molecule has 0 heterocycles. The Bertz CT molecular complexity index is 365. The van der Waals surface area contributed by atoms with Crippen LogP contribution < -0.4 is 0 Å². The topological polar surface area (TPSA) is 17.1 Å². The Hall–Kier alpha value is -0.850. The molecule has 1 nitrogen and oxygen atoms in total. The fourth-order valence-electron chi connectivity index (χ4n) is 3.88. The van der Waals surface area contributed by atoms with Gasteiger partial charge in [0.2, 0.25) is 0 Å². The Balaban J connectivity index is 2.08. The van der Waals surface area contributed by atoms with Crippen LogP contribution in [0.4, 0.5) is 0 Å². The second-order valence-electron chi connectivity index (χ2n) is 5.28. The van der Waals surface area contributed by atoms with E-state index in [4.69, 9.17) is 0 Å². The van der Waals surface area contributed by atoms with Gasteiger partial charge in [-0.1, -0.05) is 38.2 Å². The van der Waals surface area contributed by atoms with Crippen LogP contribution in [0, 0.1) is 29.1 Å². The summed E-state index contributed by atoms with van der Waals surface area (Å²) in [5.41, 5.74) is 1.37. The fourth-order valence-corrected chi connectivity index (χ4v) is 3.88. The zero-order valence-corrected chi connectivity index (χ0v) is 8.79. The number of allylic oxidation sites excluding steroid dienone is 3. The van der Waals surface area contributed by atoms with Crippen LogP contribution in [0.5, 0.6) is 0 Å². The molecule has 2 saturated carbocycles. The van der Waals surface area contributed by atoms with Crippen LogP contribution in [0.15, 0.2) is 24.3 Å². The van der Waals surface area contributed by atoms with E-state index in [0.717, 1.165) is 5.92 Å². The monoisotopic (exact) mass is 188 g/mol. The molecular weight excluding hydrogens is 172 g/mol. The zero-order valence-electron chi connectivity index (χ0n) is 8.79. The van der Waals surface area contributed by atoms with Gasteiger partial charge >= 0.3 is 0 Å². The number of hydrogen-bond acceptors (Lipinski definition) is 1. The summed E-state index contributed by atoms with van der Waals surface area (Å²) in [6.07, 6.45) is 5.35. The van der Waals surface area contributed by atoms with Crippen LogP contribution in [-0.2, 0) is 4.79 Å². The van der Waals surface area contributed by atoms with Crippen LogP contribution in [-0.4, -0.2) is 5.78 Å². The summed E-state index contributed by atoms with van der Waals surface area (Å²) >= 11 is 0. The van der Waals surface area contributed by atoms with E-state index in [1.54, 1.807) is 0 Å². The fraction of sp³-hybridized carbons (Fsp3) is 0.615. The summed E-state index contributed by atoms with van der Waals surface area (Å²) in [6, 6.07) is 0. The molecule has 0 aromatic heterocycles. The van der Waals surface area contributed by atoms with Gasteiger partial charge in [0.15, 0.2) is 5.78 Å². The highest BCUT2D eigenvalue weighted by Gasteiger charge is 2.64. The van der Waals surface area contributed by atoms with Gasteiger partial charge in [0.1, 0.15) is 0 Å². The molecule has 74 valence electrons. The Morgan fingerprint density at radius 2 is 2.14 bits per heavy atom. The SMILES string of the molecule is C=C1[C@H]2C=C[C@H](C2=O)[C@@]12C[C@@H](C)[C@H]2C. The standard InChI is InChI=1S/C13H16O/c1-7-6-13(8(7)2)9(3)10-4-5-11(13)12(10)14/h4-5,7-8,10-11H,3,6H2,1-2H3/t7-,8-,10-,11-,13-/m1/s1. The largest absolute Gasteiger partial charge is 0.298 e. The van der Waals surface area contributed by atoms with Crippen molar-refractivity contribution >= 4 is 5.78 Å². The van der Waals surface area contributed by atoms with Gasteiger partial charge in [-0.25, -0.2) is 0 Å². The molecule has 0 saturated heterocycles. The summed E-state index contributed by atoms with van der Waals surface area (Å²) in [5.74, 6) is 2.04. The smallest absolute Gasteiger partial charge is 0.151 e. The van der Waals surface area contributed by atoms with Gasteiger partial charge in [-0.15, -0.1) is 0 Å². The number of ketones is 1. The predicted octanol–water partition coefficient (Wildman–Crippen LogP) is 2.59. The van der Waals surface area contributed by atoms with Crippen LogP contribution in [0.3, 0.4) is 0 Å². The molecule has 2 fully saturated rings. The average molecular weight is 188 g/mol. The van der Waals surface area contributed by atoms with Crippen molar-refractivity contribution in [2.24, 2.45) is 29.1 Å². The first kappa shape index (κ1) is 8.46. The first-order valence-electron chi connectivity index (χ1n) is 5.50. The highest BCUT2D eigenvalue weighted by atomic mass is 16.1. The molecule has 3 aliphatic rings. The highest BCUT2D eigenvalue weighted by molar-refractivity contribution is 5.97. The molecule has 0 aromatic carbocycles. The minimum Gasteiger partial charge on any atom is -0.298 e. The lowest BCUT2D eigenvalue weighted by molar-refractivity contribution is -0.124. The van der Waals surface area contributed by atoms with E-state index in [9.17, 15) is 4.79 Å². The molecule has 1 spiro atoms. The molecule has 14 heavy (non-hydrogen) atoms. The minimum absolute atomic E-state index is 0.0648. The van der Waals surface area contributed by atoms with E-state index < -0.39 is 0 Å². The normalized spacial score (nSPS) is 54.4. The number of hydrogen-bond donors (Lipinski definition) is 0. The summed E-state index contributed by atoms with van der Waals surface area (Å²) in [7, 11) is 0. The molecule has 0 unspecified atom stereocenters. The van der Waals surface area contributed by atoms with E-state index in [1.807, 2.05) is 0 Å². The number of carbonyl (C=O) groups is 1. The van der Waals surface area contributed by atoms with Gasteiger partial charge in [-0.05, 0) is 18.3 Å². The molecule has 0 aromatic rings. The summed E-state index contributed by atoms with van der Waals surface area (Å²) in [5, 5.41) is 0. The number of rotatable bonds is 0. The maximum Gasteiger partial charge on any atom is 0.151 e. The molecule has 1 heteroatoms. The Morgan fingerprint density at radius 1 is 1.43 bits per heavy atom. The zero-order chi connectivity index (χ0) is 10.1. The first-order valence-corrected chi connectivity index (χ1v) is 5.50. The highest BCUT2D eigenvalue weighted by Crippen LogP contribution is 2.67. The number of Topliss-reactive ketones (excluding diaryl/α,β-unsaturated/α-hetero) is 1. The van der Waals surface area contributed by atoms with Crippen molar-refractivity contribution in [3.8, 4) is 0 Å². The Labute approximate surface area is 84.9 Å². The lowest BCUT2D eigenvalue weighted by Crippen LogP contribution is -2.49. The third kappa shape index (κ3) is 0.617.